The van der Waals surface area contributed by atoms with Gasteiger partial charge >= 0.3 is 6.03 Å². The molecule has 0 bridgehead atoms. The summed E-state index contributed by atoms with van der Waals surface area (Å²) in [6.45, 7) is 0.768. The number of nitrogens with zero attached hydrogens (tertiary/aromatic N) is 1. The molecule has 0 saturated heterocycles. The van der Waals surface area contributed by atoms with Crippen molar-refractivity contribution in [2.45, 2.75) is 17.4 Å². The van der Waals surface area contributed by atoms with Crippen LogP contribution in [0.5, 0.6) is 0 Å². The summed E-state index contributed by atoms with van der Waals surface area (Å²) in [6, 6.07) is 8.02. The fourth-order valence-electron chi connectivity index (χ4n) is 2.14. The Morgan fingerprint density at radius 1 is 1.43 bits per heavy atom. The Kier molecular flexibility index (Phi) is 5.52. The van der Waals surface area contributed by atoms with Crippen molar-refractivity contribution in [1.29, 1.82) is 0 Å². The van der Waals surface area contributed by atoms with Gasteiger partial charge in [0.25, 0.3) is 0 Å². The standard InChI is InChI=1S/C14H21N3O2S2/c1-21(2,19)16-9-8-15-14(18)17-12-7-10-20-13-6-4-3-5-11(12)13/h3-6,12H,7-10H2,1-2H3,(H2,15,17,18). The number of carbonyl (C=O) groups is 1. The number of hydrogen-bond acceptors (Lipinski definition) is 4. The molecule has 1 aliphatic rings. The van der Waals surface area contributed by atoms with E-state index in [9.17, 15) is 9.00 Å². The summed E-state index contributed by atoms with van der Waals surface area (Å²) in [5, 5.41) is 5.75. The minimum atomic E-state index is -2.09. The number of amides is 2. The molecule has 1 aromatic carbocycles. The molecule has 5 nitrogen and oxygen atoms in total. The minimum absolute atomic E-state index is 0.0564. The SMILES string of the molecule is CS(C)(=O)=NCCNC(=O)NC1CCSc2ccccc21. The summed E-state index contributed by atoms with van der Waals surface area (Å²) in [5.41, 5.74) is 1.18. The van der Waals surface area contributed by atoms with Crippen LogP contribution in [0.25, 0.3) is 0 Å². The van der Waals surface area contributed by atoms with Crippen LogP contribution in [-0.4, -0.2) is 41.6 Å². The van der Waals surface area contributed by atoms with E-state index in [0.29, 0.717) is 13.1 Å². The van der Waals surface area contributed by atoms with E-state index >= 15 is 0 Å². The molecule has 2 rings (SSSR count). The van der Waals surface area contributed by atoms with E-state index in [4.69, 9.17) is 0 Å². The van der Waals surface area contributed by atoms with Gasteiger partial charge in [0.1, 0.15) is 0 Å². The highest BCUT2D eigenvalue weighted by molar-refractivity contribution is 7.99. The number of benzene rings is 1. The van der Waals surface area contributed by atoms with Gasteiger partial charge in [-0.25, -0.2) is 9.16 Å². The average Bonchev–Trinajstić information content (AvgIpc) is 2.43. The van der Waals surface area contributed by atoms with E-state index in [1.54, 1.807) is 12.5 Å². The third kappa shape index (κ3) is 5.24. The molecule has 0 fully saturated rings. The van der Waals surface area contributed by atoms with Crippen molar-refractivity contribution < 1.29 is 9.00 Å². The van der Waals surface area contributed by atoms with Crippen LogP contribution < -0.4 is 10.6 Å². The number of carbonyl (C=O) groups excluding carboxylic acids is 1. The quantitative estimate of drug-likeness (QED) is 0.833. The highest BCUT2D eigenvalue weighted by Gasteiger charge is 2.21. The lowest BCUT2D eigenvalue weighted by molar-refractivity contribution is 0.237. The third-order valence-corrected chi connectivity index (χ3v) is 4.99. The number of fused-ring (bicyclic) bond motifs is 1. The Hall–Kier alpha value is -1.21. The molecule has 0 radical (unpaired) electrons. The number of rotatable bonds is 4. The first-order valence-corrected chi connectivity index (χ1v) is 10.2. The number of thioether (sulfide) groups is 1. The first-order valence-electron chi connectivity index (χ1n) is 6.85. The van der Waals surface area contributed by atoms with E-state index in [-0.39, 0.29) is 12.1 Å². The lowest BCUT2D eigenvalue weighted by Crippen LogP contribution is -2.40. The van der Waals surface area contributed by atoms with Gasteiger partial charge < -0.3 is 10.6 Å². The Bertz CT molecular complexity index is 616. The molecule has 0 aliphatic carbocycles. The van der Waals surface area contributed by atoms with Crippen LogP contribution in [0.1, 0.15) is 18.0 Å². The van der Waals surface area contributed by atoms with Crippen molar-refractivity contribution >= 4 is 27.5 Å². The van der Waals surface area contributed by atoms with Gasteiger partial charge in [-0.1, -0.05) is 18.2 Å². The van der Waals surface area contributed by atoms with Crippen LogP contribution in [0, 0.1) is 0 Å². The molecule has 1 unspecified atom stereocenters. The molecule has 2 N–H and O–H groups in total. The number of urea groups is 1. The van der Waals surface area contributed by atoms with Gasteiger partial charge in [0, 0.05) is 39.4 Å². The van der Waals surface area contributed by atoms with Gasteiger partial charge in [0.05, 0.1) is 12.6 Å². The molecule has 0 saturated carbocycles. The maximum atomic E-state index is 11.9. The summed E-state index contributed by atoms with van der Waals surface area (Å²) in [4.78, 5) is 13.1. The Morgan fingerprint density at radius 3 is 2.95 bits per heavy atom. The average molecular weight is 327 g/mol. The molecule has 7 heteroatoms. The normalized spacial score (nSPS) is 17.7. The Balaban J connectivity index is 1.85. The van der Waals surface area contributed by atoms with Gasteiger partial charge in [-0.15, -0.1) is 11.8 Å². The summed E-state index contributed by atoms with van der Waals surface area (Å²) in [7, 11) is -2.09. The van der Waals surface area contributed by atoms with Gasteiger partial charge in [-0.2, -0.15) is 0 Å². The molecule has 21 heavy (non-hydrogen) atoms. The zero-order chi connectivity index (χ0) is 15.3. The predicted octanol–water partition coefficient (Wildman–Crippen LogP) is 2.25. The van der Waals surface area contributed by atoms with Crippen LogP contribution in [0.3, 0.4) is 0 Å². The van der Waals surface area contributed by atoms with Crippen molar-refractivity contribution in [2.24, 2.45) is 4.36 Å². The van der Waals surface area contributed by atoms with E-state index in [1.165, 1.54) is 10.5 Å². The maximum Gasteiger partial charge on any atom is 0.315 e. The number of hydrogen-bond donors (Lipinski definition) is 2. The number of nitrogens with one attached hydrogen (secondary N) is 2. The zero-order valence-electron chi connectivity index (χ0n) is 12.3. The van der Waals surface area contributed by atoms with Gasteiger partial charge in [-0.3, -0.25) is 4.21 Å². The second-order valence-corrected chi connectivity index (χ2v) is 8.92. The van der Waals surface area contributed by atoms with Crippen molar-refractivity contribution in [1.82, 2.24) is 10.6 Å². The maximum absolute atomic E-state index is 11.9. The topological polar surface area (TPSA) is 70.6 Å². The molecule has 1 aliphatic heterocycles. The van der Waals surface area contributed by atoms with Gasteiger partial charge in [-0.05, 0) is 18.1 Å². The summed E-state index contributed by atoms with van der Waals surface area (Å²) in [6.07, 6.45) is 4.10. The molecule has 1 aromatic rings. The van der Waals surface area contributed by atoms with Crippen LogP contribution in [0.15, 0.2) is 33.5 Å². The van der Waals surface area contributed by atoms with E-state index in [1.807, 2.05) is 23.9 Å². The summed E-state index contributed by atoms with van der Waals surface area (Å²) >= 11 is 1.83. The van der Waals surface area contributed by atoms with E-state index < -0.39 is 9.73 Å². The minimum Gasteiger partial charge on any atom is -0.336 e. The predicted molar refractivity (Wildman–Crippen MR) is 88.3 cm³/mol. The van der Waals surface area contributed by atoms with Crippen LogP contribution in [0.2, 0.25) is 0 Å². The Labute approximate surface area is 130 Å². The molecule has 0 aromatic heterocycles. The highest BCUT2D eigenvalue weighted by Crippen LogP contribution is 2.35. The van der Waals surface area contributed by atoms with Crippen molar-refractivity contribution in [3.63, 3.8) is 0 Å². The van der Waals surface area contributed by atoms with Crippen LogP contribution in [-0.2, 0) is 9.73 Å². The first kappa shape index (κ1) is 16.2. The lowest BCUT2D eigenvalue weighted by Gasteiger charge is -2.25. The van der Waals surface area contributed by atoms with Crippen LogP contribution >= 0.6 is 11.8 Å². The smallest absolute Gasteiger partial charge is 0.315 e. The molecule has 2 amide bonds. The molecule has 1 atom stereocenters. The molecule has 0 spiro atoms. The summed E-state index contributed by atoms with van der Waals surface area (Å²) < 4.78 is 15.4. The molecular weight excluding hydrogens is 306 g/mol. The van der Waals surface area contributed by atoms with Crippen molar-refractivity contribution in [3.05, 3.63) is 29.8 Å². The van der Waals surface area contributed by atoms with E-state index in [0.717, 1.165) is 12.2 Å². The second kappa shape index (κ2) is 7.17. The van der Waals surface area contributed by atoms with Gasteiger partial charge in [0.2, 0.25) is 0 Å². The fourth-order valence-corrected chi connectivity index (χ4v) is 3.79. The molecule has 116 valence electrons. The van der Waals surface area contributed by atoms with E-state index in [2.05, 4.69) is 27.1 Å². The second-order valence-electron chi connectivity index (χ2n) is 5.16. The van der Waals surface area contributed by atoms with Crippen molar-refractivity contribution in [3.8, 4) is 0 Å². The van der Waals surface area contributed by atoms with Crippen LogP contribution in [0.4, 0.5) is 4.79 Å². The van der Waals surface area contributed by atoms with Gasteiger partial charge in [0.15, 0.2) is 0 Å². The fraction of sp³-hybridized carbons (Fsp3) is 0.500. The van der Waals surface area contributed by atoms with Crippen molar-refractivity contribution in [2.75, 3.05) is 31.4 Å². The summed E-state index contributed by atoms with van der Waals surface area (Å²) in [5.74, 6) is 1.00. The molecular formula is C14H21N3O2S2. The zero-order valence-corrected chi connectivity index (χ0v) is 13.9. The highest BCUT2D eigenvalue weighted by atomic mass is 32.2. The Morgan fingerprint density at radius 2 is 2.19 bits per heavy atom. The monoisotopic (exact) mass is 327 g/mol. The lowest BCUT2D eigenvalue weighted by atomic mass is 10.0. The largest absolute Gasteiger partial charge is 0.336 e. The first-order chi connectivity index (χ1) is 9.96. The molecule has 1 heterocycles. The third-order valence-electron chi connectivity index (χ3n) is 3.06.